The lowest BCUT2D eigenvalue weighted by Gasteiger charge is -2.49. The largest absolute Gasteiger partial charge is 0.375 e. The summed E-state index contributed by atoms with van der Waals surface area (Å²) in [6.07, 6.45) is 6.45. The Morgan fingerprint density at radius 1 is 1.07 bits per heavy atom. The number of nitrogens with one attached hydrogen (secondary N) is 1. The maximum atomic E-state index is 13.1. The van der Waals surface area contributed by atoms with Gasteiger partial charge in [0.2, 0.25) is 5.91 Å². The van der Waals surface area contributed by atoms with Gasteiger partial charge in [-0.2, -0.15) is 0 Å². The third-order valence-corrected chi connectivity index (χ3v) is 7.64. The SMILES string of the molecule is CN1C(=O)C2(CCN(C3CCOC4(CCNCC4)C3)CC2)c2ccccc21.Cl.Cl. The van der Waals surface area contributed by atoms with Crippen molar-refractivity contribution in [3.8, 4) is 0 Å². The van der Waals surface area contributed by atoms with Crippen molar-refractivity contribution in [2.45, 2.75) is 55.6 Å². The summed E-state index contributed by atoms with van der Waals surface area (Å²) in [7, 11) is 1.93. The maximum absolute atomic E-state index is 13.1. The fourth-order valence-corrected chi connectivity index (χ4v) is 6.01. The Labute approximate surface area is 186 Å². The van der Waals surface area contributed by atoms with Crippen LogP contribution in [0.5, 0.6) is 0 Å². The first-order valence-electron chi connectivity index (χ1n) is 10.6. The summed E-state index contributed by atoms with van der Waals surface area (Å²) < 4.78 is 6.27. The van der Waals surface area contributed by atoms with Crippen LogP contribution in [-0.4, -0.2) is 62.3 Å². The van der Waals surface area contributed by atoms with E-state index in [1.54, 1.807) is 0 Å². The van der Waals surface area contributed by atoms with Crippen LogP contribution in [0, 0.1) is 0 Å². The van der Waals surface area contributed by atoms with E-state index in [1.165, 1.54) is 5.56 Å². The molecule has 29 heavy (non-hydrogen) atoms. The van der Waals surface area contributed by atoms with Gasteiger partial charge in [-0.3, -0.25) is 4.79 Å². The van der Waals surface area contributed by atoms with Crippen LogP contribution in [-0.2, 0) is 14.9 Å². The van der Waals surface area contributed by atoms with Crippen molar-refractivity contribution in [3.63, 3.8) is 0 Å². The van der Waals surface area contributed by atoms with Crippen LogP contribution < -0.4 is 10.2 Å². The third-order valence-electron chi connectivity index (χ3n) is 7.64. The number of carbonyl (C=O) groups excluding carboxylic acids is 1. The maximum Gasteiger partial charge on any atom is 0.237 e. The van der Waals surface area contributed by atoms with Crippen molar-refractivity contribution in [3.05, 3.63) is 29.8 Å². The van der Waals surface area contributed by atoms with Crippen molar-refractivity contribution in [1.82, 2.24) is 10.2 Å². The molecular weight excluding hydrogens is 409 g/mol. The Bertz CT molecular complexity index is 725. The van der Waals surface area contributed by atoms with Crippen LogP contribution in [0.3, 0.4) is 0 Å². The van der Waals surface area contributed by atoms with E-state index in [9.17, 15) is 4.79 Å². The number of nitrogens with zero attached hydrogens (tertiary/aromatic N) is 2. The first-order valence-corrected chi connectivity index (χ1v) is 10.6. The molecule has 7 heteroatoms. The van der Waals surface area contributed by atoms with Crippen molar-refractivity contribution in [2.75, 3.05) is 44.7 Å². The van der Waals surface area contributed by atoms with Gasteiger partial charge in [0.1, 0.15) is 0 Å². The lowest BCUT2D eigenvalue weighted by molar-refractivity contribution is -0.131. The van der Waals surface area contributed by atoms with Gasteiger partial charge in [-0.05, 0) is 76.3 Å². The number of likely N-dealkylation sites (tertiary alicyclic amines) is 1. The van der Waals surface area contributed by atoms with Gasteiger partial charge in [-0.1, -0.05) is 18.2 Å². The van der Waals surface area contributed by atoms with Gasteiger partial charge in [-0.15, -0.1) is 24.8 Å². The van der Waals surface area contributed by atoms with E-state index in [1.807, 2.05) is 18.0 Å². The standard InChI is InChI=1S/C22H31N3O2.2ClH/c1-24-19-5-3-2-4-18(19)22(20(24)26)9-13-25(14-10-22)17-6-15-27-21(16-17)7-11-23-12-8-21;;/h2-5,17,23H,6-16H2,1H3;2*1H. The Balaban J connectivity index is 0.00000120. The number of piperidine rings is 2. The summed E-state index contributed by atoms with van der Waals surface area (Å²) in [4.78, 5) is 17.7. The van der Waals surface area contributed by atoms with Crippen molar-refractivity contribution >= 4 is 36.4 Å². The molecule has 1 unspecified atom stereocenters. The van der Waals surface area contributed by atoms with Crippen molar-refractivity contribution in [1.29, 1.82) is 0 Å². The van der Waals surface area contributed by atoms with E-state index in [0.29, 0.717) is 11.9 Å². The van der Waals surface area contributed by atoms with Crippen molar-refractivity contribution in [2.24, 2.45) is 0 Å². The number of ether oxygens (including phenoxy) is 1. The lowest BCUT2D eigenvalue weighted by Crippen LogP contribution is -2.56. The highest BCUT2D eigenvalue weighted by Crippen LogP contribution is 2.48. The van der Waals surface area contributed by atoms with E-state index in [4.69, 9.17) is 4.74 Å². The number of para-hydroxylation sites is 1. The van der Waals surface area contributed by atoms with Gasteiger partial charge in [0.05, 0.1) is 11.0 Å². The molecule has 4 heterocycles. The molecule has 4 aliphatic rings. The number of rotatable bonds is 1. The van der Waals surface area contributed by atoms with Gasteiger partial charge < -0.3 is 19.9 Å². The second kappa shape index (κ2) is 8.72. The summed E-state index contributed by atoms with van der Waals surface area (Å²) in [5, 5.41) is 3.47. The molecule has 0 bridgehead atoms. The predicted molar refractivity (Wildman–Crippen MR) is 121 cm³/mol. The zero-order valence-corrected chi connectivity index (χ0v) is 18.8. The summed E-state index contributed by atoms with van der Waals surface area (Å²) >= 11 is 0. The molecule has 1 amide bonds. The second-order valence-corrected chi connectivity index (χ2v) is 8.93. The smallest absolute Gasteiger partial charge is 0.237 e. The first-order chi connectivity index (χ1) is 13.1. The number of fused-ring (bicyclic) bond motifs is 2. The number of likely N-dealkylation sites (N-methyl/N-ethyl adjacent to an activating group) is 1. The van der Waals surface area contributed by atoms with E-state index < -0.39 is 0 Å². The minimum absolute atomic E-state index is 0. The molecule has 0 aromatic heterocycles. The number of amides is 1. The summed E-state index contributed by atoms with van der Waals surface area (Å²) in [5.41, 5.74) is 2.16. The topological polar surface area (TPSA) is 44.8 Å². The molecule has 5 nitrogen and oxygen atoms in total. The van der Waals surface area contributed by atoms with E-state index in [2.05, 4.69) is 28.4 Å². The fourth-order valence-electron chi connectivity index (χ4n) is 6.01. The average Bonchev–Trinajstić information content (AvgIpc) is 2.92. The molecule has 162 valence electrons. The normalized spacial score (nSPS) is 28.0. The Hall–Kier alpha value is -0.850. The highest BCUT2D eigenvalue weighted by Gasteiger charge is 2.52. The van der Waals surface area contributed by atoms with Crippen LogP contribution in [0.25, 0.3) is 0 Å². The molecule has 1 aromatic rings. The zero-order chi connectivity index (χ0) is 18.5. The van der Waals surface area contributed by atoms with Gasteiger partial charge >= 0.3 is 0 Å². The number of halogens is 2. The molecule has 1 aromatic carbocycles. The highest BCUT2D eigenvalue weighted by molar-refractivity contribution is 6.07. The Morgan fingerprint density at radius 2 is 1.76 bits per heavy atom. The van der Waals surface area contributed by atoms with Crippen LogP contribution >= 0.6 is 24.8 Å². The molecule has 0 saturated carbocycles. The molecule has 3 fully saturated rings. The van der Waals surface area contributed by atoms with Crippen LogP contribution in [0.1, 0.15) is 44.1 Å². The van der Waals surface area contributed by atoms with Crippen molar-refractivity contribution < 1.29 is 9.53 Å². The number of benzene rings is 1. The minimum atomic E-state index is -0.292. The van der Waals surface area contributed by atoms with E-state index in [0.717, 1.165) is 77.0 Å². The second-order valence-electron chi connectivity index (χ2n) is 8.93. The lowest BCUT2D eigenvalue weighted by atomic mass is 9.73. The zero-order valence-electron chi connectivity index (χ0n) is 17.2. The number of anilines is 1. The molecule has 1 atom stereocenters. The fraction of sp³-hybridized carbons (Fsp3) is 0.682. The molecule has 1 N–H and O–H groups in total. The van der Waals surface area contributed by atoms with E-state index >= 15 is 0 Å². The van der Waals surface area contributed by atoms with E-state index in [-0.39, 0.29) is 35.8 Å². The number of carbonyl (C=O) groups is 1. The number of hydrogen-bond donors (Lipinski definition) is 1. The molecule has 3 saturated heterocycles. The minimum Gasteiger partial charge on any atom is -0.375 e. The molecule has 4 aliphatic heterocycles. The third kappa shape index (κ3) is 3.70. The van der Waals surface area contributed by atoms with Crippen LogP contribution in [0.2, 0.25) is 0 Å². The van der Waals surface area contributed by atoms with Gasteiger partial charge in [0, 0.05) is 25.4 Å². The summed E-state index contributed by atoms with van der Waals surface area (Å²) in [6, 6.07) is 8.99. The summed E-state index contributed by atoms with van der Waals surface area (Å²) in [6.45, 7) is 5.08. The molecule has 2 spiro atoms. The molecule has 5 rings (SSSR count). The average molecular weight is 442 g/mol. The quantitative estimate of drug-likeness (QED) is 0.726. The monoisotopic (exact) mass is 441 g/mol. The van der Waals surface area contributed by atoms with Gasteiger partial charge in [0.25, 0.3) is 0 Å². The first kappa shape index (κ1) is 22.8. The molecular formula is C22H33Cl2N3O2. The Kier molecular flexibility index (Phi) is 6.86. The van der Waals surface area contributed by atoms with Gasteiger partial charge in [0.15, 0.2) is 0 Å². The number of hydrogen-bond acceptors (Lipinski definition) is 4. The predicted octanol–water partition coefficient (Wildman–Crippen LogP) is 3.14. The van der Waals surface area contributed by atoms with Gasteiger partial charge in [-0.25, -0.2) is 0 Å². The molecule has 0 radical (unpaired) electrons. The Morgan fingerprint density at radius 3 is 2.48 bits per heavy atom. The van der Waals surface area contributed by atoms with Crippen LogP contribution in [0.4, 0.5) is 5.69 Å². The van der Waals surface area contributed by atoms with Crippen LogP contribution in [0.15, 0.2) is 24.3 Å². The summed E-state index contributed by atoms with van der Waals surface area (Å²) in [5.74, 6) is 0.296. The highest BCUT2D eigenvalue weighted by atomic mass is 35.5. The molecule has 0 aliphatic carbocycles.